The standard InChI is InChI=1S/C22H27Cl2FN4O4S/c1-4-29(34(31,32)28(2)3)8-7-26-22(30)17-11-18(23)15(9-20(17)25)13-33-16-10-19(24)21(27-12-16)14-5-6-14/h9-12,14H,4-8,13H2,1-3H3,(H,26,30). The molecule has 0 unspecified atom stereocenters. The van der Waals surface area contributed by atoms with Gasteiger partial charge in [0.05, 0.1) is 22.5 Å². The van der Waals surface area contributed by atoms with E-state index in [1.165, 1.54) is 24.5 Å². The molecule has 1 aromatic heterocycles. The van der Waals surface area contributed by atoms with Gasteiger partial charge in [0.25, 0.3) is 16.1 Å². The fourth-order valence-electron chi connectivity index (χ4n) is 3.26. The quantitative estimate of drug-likeness (QED) is 0.474. The molecule has 1 aliphatic rings. The number of aromatic nitrogens is 1. The highest BCUT2D eigenvalue weighted by Crippen LogP contribution is 2.42. The smallest absolute Gasteiger partial charge is 0.281 e. The van der Waals surface area contributed by atoms with Crippen molar-refractivity contribution in [1.29, 1.82) is 0 Å². The molecule has 3 rings (SSSR count). The molecule has 1 fully saturated rings. The van der Waals surface area contributed by atoms with Crippen molar-refractivity contribution in [3.8, 4) is 5.75 Å². The molecule has 1 aromatic carbocycles. The van der Waals surface area contributed by atoms with Crippen LogP contribution in [-0.4, -0.2) is 61.6 Å². The summed E-state index contributed by atoms with van der Waals surface area (Å²) >= 11 is 12.5. The van der Waals surface area contributed by atoms with Crippen LogP contribution in [0.15, 0.2) is 24.4 Å². The first-order chi connectivity index (χ1) is 16.0. The summed E-state index contributed by atoms with van der Waals surface area (Å²) in [6.45, 7) is 1.93. The number of likely N-dealkylation sites (N-methyl/N-ethyl adjacent to an activating group) is 1. The number of carbonyl (C=O) groups excluding carboxylic acids is 1. The van der Waals surface area contributed by atoms with Crippen LogP contribution in [0.3, 0.4) is 0 Å². The number of nitrogens with zero attached hydrogens (tertiary/aromatic N) is 3. The Hall–Kier alpha value is -1.98. The molecule has 186 valence electrons. The molecule has 12 heteroatoms. The minimum atomic E-state index is -3.61. The Morgan fingerprint density at radius 3 is 2.53 bits per heavy atom. The summed E-state index contributed by atoms with van der Waals surface area (Å²) in [7, 11) is -0.766. The third-order valence-corrected chi connectivity index (χ3v) is 8.04. The van der Waals surface area contributed by atoms with Gasteiger partial charge in [0.1, 0.15) is 18.2 Å². The lowest BCUT2D eigenvalue weighted by Crippen LogP contribution is -2.43. The number of rotatable bonds is 11. The van der Waals surface area contributed by atoms with Gasteiger partial charge < -0.3 is 10.1 Å². The van der Waals surface area contributed by atoms with Gasteiger partial charge in [-0.15, -0.1) is 0 Å². The summed E-state index contributed by atoms with van der Waals surface area (Å²) in [6.07, 6.45) is 3.73. The highest BCUT2D eigenvalue weighted by atomic mass is 35.5. The summed E-state index contributed by atoms with van der Waals surface area (Å²) in [5.41, 5.74) is 0.966. The third kappa shape index (κ3) is 6.37. The molecular weight excluding hydrogens is 506 g/mol. The van der Waals surface area contributed by atoms with E-state index in [-0.39, 0.29) is 36.8 Å². The first-order valence-corrected chi connectivity index (χ1v) is 12.9. The molecule has 1 aliphatic carbocycles. The monoisotopic (exact) mass is 532 g/mol. The number of carbonyl (C=O) groups is 1. The highest BCUT2D eigenvalue weighted by Gasteiger charge is 2.27. The Morgan fingerprint density at radius 1 is 1.24 bits per heavy atom. The van der Waals surface area contributed by atoms with Gasteiger partial charge >= 0.3 is 0 Å². The first kappa shape index (κ1) is 26.6. The van der Waals surface area contributed by atoms with Gasteiger partial charge in [-0.1, -0.05) is 30.1 Å². The van der Waals surface area contributed by atoms with Gasteiger partial charge in [0.15, 0.2) is 0 Å². The molecule has 0 atom stereocenters. The van der Waals surface area contributed by atoms with Gasteiger partial charge in [0.2, 0.25) is 0 Å². The molecule has 1 amide bonds. The normalized spacial score (nSPS) is 14.0. The van der Waals surface area contributed by atoms with E-state index >= 15 is 0 Å². The van der Waals surface area contributed by atoms with Gasteiger partial charge in [-0.25, -0.2) is 4.39 Å². The molecule has 0 aliphatic heterocycles. The summed E-state index contributed by atoms with van der Waals surface area (Å²) < 4.78 is 47.0. The maximum atomic E-state index is 14.6. The number of nitrogens with one attached hydrogen (secondary N) is 1. The van der Waals surface area contributed by atoms with E-state index in [4.69, 9.17) is 27.9 Å². The largest absolute Gasteiger partial charge is 0.487 e. The Morgan fingerprint density at radius 2 is 1.94 bits per heavy atom. The molecule has 0 bridgehead atoms. The van der Waals surface area contributed by atoms with E-state index in [2.05, 4.69) is 10.3 Å². The molecular formula is C22H27Cl2FN4O4S. The number of hydrogen-bond acceptors (Lipinski definition) is 5. The van der Waals surface area contributed by atoms with Crippen molar-refractivity contribution >= 4 is 39.3 Å². The second-order valence-corrected chi connectivity index (χ2v) is 11.0. The third-order valence-electron chi connectivity index (χ3n) is 5.37. The Bertz CT molecular complexity index is 1160. The number of ether oxygens (including phenoxy) is 1. The predicted molar refractivity (Wildman–Crippen MR) is 129 cm³/mol. The zero-order valence-corrected chi connectivity index (χ0v) is 21.5. The van der Waals surface area contributed by atoms with Gasteiger partial charge in [-0.3, -0.25) is 9.78 Å². The maximum Gasteiger partial charge on any atom is 0.281 e. The molecule has 2 aromatic rings. The number of hydrogen-bond donors (Lipinski definition) is 1. The lowest BCUT2D eigenvalue weighted by Gasteiger charge is -2.24. The molecule has 0 saturated heterocycles. The van der Waals surface area contributed by atoms with Crippen LogP contribution < -0.4 is 10.1 Å². The van der Waals surface area contributed by atoms with Crippen LogP contribution in [0.1, 0.15) is 47.3 Å². The van der Waals surface area contributed by atoms with Crippen molar-refractivity contribution in [2.75, 3.05) is 33.7 Å². The van der Waals surface area contributed by atoms with E-state index in [0.29, 0.717) is 22.3 Å². The van der Waals surface area contributed by atoms with Crippen LogP contribution in [0.5, 0.6) is 5.75 Å². The molecule has 1 N–H and O–H groups in total. The van der Waals surface area contributed by atoms with Crippen molar-refractivity contribution < 1.29 is 22.3 Å². The molecule has 1 saturated carbocycles. The SMILES string of the molecule is CCN(CCNC(=O)c1cc(Cl)c(COc2cnc(C3CC3)c(Cl)c2)cc1F)S(=O)(=O)N(C)C. The van der Waals surface area contributed by atoms with Crippen molar-refractivity contribution in [2.45, 2.75) is 32.3 Å². The maximum absolute atomic E-state index is 14.6. The Labute approximate surface area is 209 Å². The van der Waals surface area contributed by atoms with Crippen LogP contribution in [0.25, 0.3) is 0 Å². The molecule has 1 heterocycles. The van der Waals surface area contributed by atoms with E-state index in [1.807, 2.05) is 0 Å². The minimum Gasteiger partial charge on any atom is -0.487 e. The van der Waals surface area contributed by atoms with Crippen molar-refractivity contribution in [2.24, 2.45) is 0 Å². The average molecular weight is 533 g/mol. The van der Waals surface area contributed by atoms with Crippen molar-refractivity contribution in [3.63, 3.8) is 0 Å². The van der Waals surface area contributed by atoms with E-state index in [9.17, 15) is 17.6 Å². The zero-order valence-electron chi connectivity index (χ0n) is 19.1. The van der Waals surface area contributed by atoms with Gasteiger partial charge in [-0.05, 0) is 25.0 Å². The first-order valence-electron chi connectivity index (χ1n) is 10.8. The summed E-state index contributed by atoms with van der Waals surface area (Å²) in [5, 5.41) is 3.22. The number of amides is 1. The average Bonchev–Trinajstić information content (AvgIpc) is 3.61. The second-order valence-electron chi connectivity index (χ2n) is 8.06. The predicted octanol–water partition coefficient (Wildman–Crippen LogP) is 3.84. The Balaban J connectivity index is 1.60. The fourth-order valence-corrected chi connectivity index (χ4v) is 4.90. The zero-order chi connectivity index (χ0) is 25.0. The molecule has 34 heavy (non-hydrogen) atoms. The molecule has 0 spiro atoms. The Kier molecular flexibility index (Phi) is 8.75. The summed E-state index contributed by atoms with van der Waals surface area (Å²) in [4.78, 5) is 16.8. The highest BCUT2D eigenvalue weighted by molar-refractivity contribution is 7.86. The van der Waals surface area contributed by atoms with Crippen LogP contribution in [-0.2, 0) is 16.8 Å². The van der Waals surface area contributed by atoms with E-state index in [0.717, 1.165) is 28.9 Å². The lowest BCUT2D eigenvalue weighted by molar-refractivity contribution is 0.0947. The topological polar surface area (TPSA) is 91.8 Å². The number of benzene rings is 1. The molecule has 0 radical (unpaired) electrons. The summed E-state index contributed by atoms with van der Waals surface area (Å²) in [6, 6.07) is 4.03. The molecule has 8 nitrogen and oxygen atoms in total. The van der Waals surface area contributed by atoms with E-state index in [1.54, 1.807) is 19.2 Å². The van der Waals surface area contributed by atoms with Crippen LogP contribution in [0.2, 0.25) is 10.0 Å². The minimum absolute atomic E-state index is 0.00623. The fraction of sp³-hybridized carbons (Fsp3) is 0.455. The lowest BCUT2D eigenvalue weighted by atomic mass is 10.1. The summed E-state index contributed by atoms with van der Waals surface area (Å²) in [5.74, 6) is -0.627. The van der Waals surface area contributed by atoms with Crippen LogP contribution in [0.4, 0.5) is 4.39 Å². The van der Waals surface area contributed by atoms with Crippen LogP contribution in [0, 0.1) is 5.82 Å². The van der Waals surface area contributed by atoms with Gasteiger partial charge in [0, 0.05) is 56.3 Å². The van der Waals surface area contributed by atoms with Crippen molar-refractivity contribution in [1.82, 2.24) is 18.9 Å². The number of halogens is 3. The van der Waals surface area contributed by atoms with Gasteiger partial charge in [-0.2, -0.15) is 17.0 Å². The van der Waals surface area contributed by atoms with E-state index < -0.39 is 21.9 Å². The second kappa shape index (κ2) is 11.2. The van der Waals surface area contributed by atoms with Crippen molar-refractivity contribution in [3.05, 3.63) is 57.1 Å². The van der Waals surface area contributed by atoms with Crippen LogP contribution >= 0.6 is 23.2 Å². The number of pyridine rings is 1.